The third kappa shape index (κ3) is 3.38. The fourth-order valence-corrected chi connectivity index (χ4v) is 2.60. The number of amides is 2. The lowest BCUT2D eigenvalue weighted by atomic mass is 10.1. The van der Waals surface area contributed by atoms with Crippen LogP contribution in [-0.4, -0.2) is 38.4 Å². The number of ether oxygens (including phenoxy) is 1. The Hall–Kier alpha value is -4.02. The van der Waals surface area contributed by atoms with Crippen molar-refractivity contribution in [3.63, 3.8) is 0 Å². The first-order chi connectivity index (χ1) is 13.0. The lowest BCUT2D eigenvalue weighted by Crippen LogP contribution is -2.25. The van der Waals surface area contributed by atoms with Crippen LogP contribution >= 0.6 is 0 Å². The van der Waals surface area contributed by atoms with Crippen molar-refractivity contribution in [2.75, 3.05) is 17.2 Å². The molecule has 3 heterocycles. The molecule has 0 aliphatic carbocycles. The molecule has 1 aliphatic heterocycles. The predicted octanol–water partition coefficient (Wildman–Crippen LogP) is -0.481. The molecule has 2 amide bonds. The van der Waals surface area contributed by atoms with Crippen molar-refractivity contribution >= 4 is 34.6 Å². The molecule has 0 spiro atoms. The summed E-state index contributed by atoms with van der Waals surface area (Å²) in [5.41, 5.74) is -0.123. The Morgan fingerprint density at radius 1 is 1.22 bits per heavy atom. The fourth-order valence-electron chi connectivity index (χ4n) is 2.60. The van der Waals surface area contributed by atoms with Gasteiger partial charge in [-0.1, -0.05) is 6.07 Å². The van der Waals surface area contributed by atoms with Crippen molar-refractivity contribution in [3.8, 4) is 5.75 Å². The lowest BCUT2D eigenvalue weighted by molar-refractivity contribution is -0.118. The molecular formula is C16H12N6O5. The van der Waals surface area contributed by atoms with Crippen LogP contribution in [0, 0.1) is 0 Å². The van der Waals surface area contributed by atoms with E-state index in [0.717, 1.165) is 6.20 Å². The molecule has 4 N–H and O–H groups in total. The Morgan fingerprint density at radius 2 is 2.07 bits per heavy atom. The van der Waals surface area contributed by atoms with Crippen LogP contribution in [0.3, 0.4) is 0 Å². The van der Waals surface area contributed by atoms with E-state index >= 15 is 0 Å². The van der Waals surface area contributed by atoms with Crippen LogP contribution in [0.1, 0.15) is 5.56 Å². The summed E-state index contributed by atoms with van der Waals surface area (Å²) in [5.74, 6) is -0.275. The van der Waals surface area contributed by atoms with Crippen LogP contribution in [0.4, 0.5) is 11.6 Å². The highest BCUT2D eigenvalue weighted by Gasteiger charge is 2.17. The Morgan fingerprint density at radius 3 is 2.93 bits per heavy atom. The molecule has 0 saturated carbocycles. The number of carbonyl (C=O) groups is 2. The van der Waals surface area contributed by atoms with Gasteiger partial charge in [-0.15, -0.1) is 0 Å². The van der Waals surface area contributed by atoms with Gasteiger partial charge in [0.15, 0.2) is 17.8 Å². The SMILES string of the molecule is O=C(Cc1ccc2c(c1)NC(=O)CO2)Nc1nc2ncc(=O)[nH]c2c(=O)[nH]1. The van der Waals surface area contributed by atoms with E-state index in [1.54, 1.807) is 18.2 Å². The smallest absolute Gasteiger partial charge is 0.278 e. The molecule has 4 rings (SSSR count). The largest absolute Gasteiger partial charge is 0.482 e. The summed E-state index contributed by atoms with van der Waals surface area (Å²) in [6.45, 7) is -0.0485. The summed E-state index contributed by atoms with van der Waals surface area (Å²) >= 11 is 0. The van der Waals surface area contributed by atoms with E-state index in [1.165, 1.54) is 0 Å². The zero-order valence-electron chi connectivity index (χ0n) is 13.7. The minimum atomic E-state index is -0.630. The van der Waals surface area contributed by atoms with E-state index in [4.69, 9.17) is 4.74 Å². The second-order valence-electron chi connectivity index (χ2n) is 5.75. The van der Waals surface area contributed by atoms with Crippen molar-refractivity contribution in [1.82, 2.24) is 19.9 Å². The topological polar surface area (TPSA) is 159 Å². The van der Waals surface area contributed by atoms with Gasteiger partial charge in [-0.05, 0) is 17.7 Å². The highest BCUT2D eigenvalue weighted by molar-refractivity contribution is 5.96. The van der Waals surface area contributed by atoms with Crippen LogP contribution in [0.5, 0.6) is 5.75 Å². The molecule has 0 saturated heterocycles. The number of H-pyrrole nitrogens is 2. The Kier molecular flexibility index (Phi) is 3.88. The van der Waals surface area contributed by atoms with Crippen LogP contribution in [-0.2, 0) is 16.0 Å². The number of nitrogens with one attached hydrogen (secondary N) is 4. The van der Waals surface area contributed by atoms with Gasteiger partial charge in [0, 0.05) is 0 Å². The minimum Gasteiger partial charge on any atom is -0.482 e. The molecule has 1 aliphatic rings. The van der Waals surface area contributed by atoms with Crippen molar-refractivity contribution in [3.05, 3.63) is 50.7 Å². The van der Waals surface area contributed by atoms with E-state index < -0.39 is 17.0 Å². The number of fused-ring (bicyclic) bond motifs is 2. The molecule has 27 heavy (non-hydrogen) atoms. The van der Waals surface area contributed by atoms with Crippen LogP contribution in [0.15, 0.2) is 34.0 Å². The number of anilines is 2. The van der Waals surface area contributed by atoms with Gasteiger partial charge in [0.2, 0.25) is 11.9 Å². The summed E-state index contributed by atoms with van der Waals surface area (Å²) in [6.07, 6.45) is 0.966. The average molecular weight is 368 g/mol. The Bertz CT molecular complexity index is 1200. The summed E-state index contributed by atoms with van der Waals surface area (Å²) in [5, 5.41) is 5.13. The quantitative estimate of drug-likeness (QED) is 0.486. The van der Waals surface area contributed by atoms with Crippen LogP contribution in [0.25, 0.3) is 11.2 Å². The summed E-state index contributed by atoms with van der Waals surface area (Å²) in [6, 6.07) is 4.99. The number of hydrogen-bond acceptors (Lipinski definition) is 7. The normalized spacial score (nSPS) is 12.8. The molecule has 0 radical (unpaired) electrons. The number of benzene rings is 1. The summed E-state index contributed by atoms with van der Waals surface area (Å²) in [4.78, 5) is 59.3. The third-order valence-corrected chi connectivity index (χ3v) is 3.75. The van der Waals surface area contributed by atoms with Gasteiger partial charge in [-0.3, -0.25) is 29.5 Å². The van der Waals surface area contributed by atoms with Gasteiger partial charge in [-0.2, -0.15) is 4.98 Å². The first-order valence-electron chi connectivity index (χ1n) is 7.83. The predicted molar refractivity (Wildman–Crippen MR) is 93.7 cm³/mol. The molecule has 11 heteroatoms. The molecule has 0 atom stereocenters. The van der Waals surface area contributed by atoms with Gasteiger partial charge in [0.05, 0.1) is 18.3 Å². The standard InChI is InChI=1S/C16H12N6O5/c23-10(4-7-1-2-9-8(3-7)18-12(25)6-27-9)20-16-21-14-13(15(26)22-16)19-11(24)5-17-14/h1-3,5H,4,6H2,(H,18,25)(H,19,24)(H2,17,20,21,22,23,26). The van der Waals surface area contributed by atoms with Gasteiger partial charge < -0.3 is 15.0 Å². The molecular weight excluding hydrogens is 356 g/mol. The molecule has 0 unspecified atom stereocenters. The molecule has 11 nitrogen and oxygen atoms in total. The number of hydrogen-bond donors (Lipinski definition) is 4. The van der Waals surface area contributed by atoms with Crippen molar-refractivity contribution in [2.45, 2.75) is 6.42 Å². The van der Waals surface area contributed by atoms with E-state index in [0.29, 0.717) is 17.0 Å². The molecule has 0 bridgehead atoms. The molecule has 3 aromatic rings. The maximum atomic E-state index is 12.2. The second-order valence-corrected chi connectivity index (χ2v) is 5.75. The Balaban J connectivity index is 1.53. The maximum Gasteiger partial charge on any atom is 0.278 e. The van der Waals surface area contributed by atoms with Gasteiger partial charge in [0.1, 0.15) is 5.75 Å². The lowest BCUT2D eigenvalue weighted by Gasteiger charge is -2.18. The van der Waals surface area contributed by atoms with Crippen molar-refractivity contribution in [2.24, 2.45) is 0 Å². The van der Waals surface area contributed by atoms with E-state index in [1.807, 2.05) is 0 Å². The number of carbonyl (C=O) groups excluding carboxylic acids is 2. The minimum absolute atomic E-state index is 0.00212. The van der Waals surface area contributed by atoms with Gasteiger partial charge in [0.25, 0.3) is 17.0 Å². The molecule has 136 valence electrons. The van der Waals surface area contributed by atoms with Gasteiger partial charge >= 0.3 is 0 Å². The molecule has 2 aromatic heterocycles. The molecule has 1 aromatic carbocycles. The zero-order valence-corrected chi connectivity index (χ0v) is 13.7. The monoisotopic (exact) mass is 368 g/mol. The second kappa shape index (κ2) is 6.37. The first kappa shape index (κ1) is 16.4. The molecule has 0 fully saturated rings. The zero-order chi connectivity index (χ0) is 19.0. The third-order valence-electron chi connectivity index (χ3n) is 3.75. The summed E-state index contributed by atoms with van der Waals surface area (Å²) in [7, 11) is 0. The highest BCUT2D eigenvalue weighted by Crippen LogP contribution is 2.28. The highest BCUT2D eigenvalue weighted by atomic mass is 16.5. The van der Waals surface area contributed by atoms with Crippen LogP contribution in [0.2, 0.25) is 0 Å². The Labute approximate surface area is 149 Å². The average Bonchev–Trinajstić information content (AvgIpc) is 2.62. The van der Waals surface area contributed by atoms with E-state index in [9.17, 15) is 19.2 Å². The van der Waals surface area contributed by atoms with Crippen LogP contribution < -0.4 is 26.5 Å². The van der Waals surface area contributed by atoms with Crippen molar-refractivity contribution < 1.29 is 14.3 Å². The number of rotatable bonds is 3. The maximum absolute atomic E-state index is 12.2. The van der Waals surface area contributed by atoms with Crippen molar-refractivity contribution in [1.29, 1.82) is 0 Å². The number of aromatic amines is 2. The number of nitrogens with zero attached hydrogens (tertiary/aromatic N) is 2. The van der Waals surface area contributed by atoms with Gasteiger partial charge in [-0.25, -0.2) is 4.98 Å². The van der Waals surface area contributed by atoms with E-state index in [-0.39, 0.29) is 36.0 Å². The number of aromatic nitrogens is 4. The fraction of sp³-hybridized carbons (Fsp3) is 0.125. The summed E-state index contributed by atoms with van der Waals surface area (Å²) < 4.78 is 5.26. The first-order valence-corrected chi connectivity index (χ1v) is 7.83. The van der Waals surface area contributed by atoms with E-state index in [2.05, 4.69) is 30.6 Å².